The first kappa shape index (κ1) is 15.8. The average Bonchev–Trinajstić information content (AvgIpc) is 3.08. The molecule has 0 aliphatic heterocycles. The van der Waals surface area contributed by atoms with E-state index >= 15 is 0 Å². The van der Waals surface area contributed by atoms with Crippen molar-refractivity contribution in [2.24, 2.45) is 0 Å². The zero-order valence-corrected chi connectivity index (χ0v) is 14.6. The molecule has 0 bridgehead atoms. The van der Waals surface area contributed by atoms with Gasteiger partial charge in [0.05, 0.1) is 11.7 Å². The van der Waals surface area contributed by atoms with Crippen LogP contribution in [-0.2, 0) is 6.42 Å². The number of carbonyl (C=O) groups excluding carboxylic acids is 1. The maximum atomic E-state index is 12.5. The lowest BCUT2D eigenvalue weighted by Crippen LogP contribution is -2.31. The summed E-state index contributed by atoms with van der Waals surface area (Å²) in [7, 11) is 0. The number of hydrogen-bond acceptors (Lipinski definition) is 6. The predicted octanol–water partition coefficient (Wildman–Crippen LogP) is 3.11. The lowest BCUT2D eigenvalue weighted by molar-refractivity contribution is 0.0936. The third-order valence-corrected chi connectivity index (χ3v) is 5.20. The van der Waals surface area contributed by atoms with Crippen molar-refractivity contribution in [2.75, 3.05) is 0 Å². The van der Waals surface area contributed by atoms with E-state index < -0.39 is 0 Å². The Hall–Kier alpha value is -2.67. The molecular formula is C18H17N5OS. The molecule has 1 aromatic carbocycles. The fourth-order valence-electron chi connectivity index (χ4n) is 3.09. The minimum atomic E-state index is -0.127. The first-order valence-electron chi connectivity index (χ1n) is 8.23. The van der Waals surface area contributed by atoms with E-state index in [-0.39, 0.29) is 11.9 Å². The number of carbonyl (C=O) groups is 1. The van der Waals surface area contributed by atoms with Crippen LogP contribution in [0.2, 0.25) is 0 Å². The van der Waals surface area contributed by atoms with E-state index in [0.717, 1.165) is 53.4 Å². The van der Waals surface area contributed by atoms with Crippen LogP contribution < -0.4 is 5.32 Å². The molecule has 2 heterocycles. The summed E-state index contributed by atoms with van der Waals surface area (Å²) in [6.45, 7) is 1.79. The van der Waals surface area contributed by atoms with Crippen LogP contribution >= 0.6 is 11.5 Å². The van der Waals surface area contributed by atoms with Crippen LogP contribution in [0.3, 0.4) is 0 Å². The molecule has 1 aliphatic rings. The van der Waals surface area contributed by atoms with Gasteiger partial charge in [0.15, 0.2) is 5.82 Å². The molecule has 3 aromatic rings. The molecule has 2 aromatic heterocycles. The van der Waals surface area contributed by atoms with E-state index in [1.165, 1.54) is 0 Å². The summed E-state index contributed by atoms with van der Waals surface area (Å²) in [5.41, 5.74) is 3.69. The van der Waals surface area contributed by atoms with Crippen molar-refractivity contribution in [3.8, 4) is 11.4 Å². The first-order valence-corrected chi connectivity index (χ1v) is 9.01. The Morgan fingerprint density at radius 3 is 2.88 bits per heavy atom. The molecule has 0 radical (unpaired) electrons. The number of amides is 1. The van der Waals surface area contributed by atoms with E-state index in [1.807, 2.05) is 36.5 Å². The van der Waals surface area contributed by atoms with Crippen LogP contribution in [0.1, 0.15) is 45.5 Å². The molecule has 0 saturated heterocycles. The largest absolute Gasteiger partial charge is 0.344 e. The zero-order valence-electron chi connectivity index (χ0n) is 13.8. The highest BCUT2D eigenvalue weighted by atomic mass is 32.1. The fraction of sp³-hybridized carbons (Fsp3) is 0.278. The summed E-state index contributed by atoms with van der Waals surface area (Å²) in [5.74, 6) is 0.603. The monoisotopic (exact) mass is 351 g/mol. The molecule has 1 atom stereocenters. The van der Waals surface area contributed by atoms with Crippen molar-refractivity contribution in [3.05, 3.63) is 58.4 Å². The number of hydrogen-bond donors (Lipinski definition) is 1. The van der Waals surface area contributed by atoms with Crippen LogP contribution in [0, 0.1) is 6.92 Å². The number of aryl methyl sites for hydroxylation is 2. The van der Waals surface area contributed by atoms with Gasteiger partial charge in [-0.1, -0.05) is 34.8 Å². The molecular weight excluding hydrogens is 334 g/mol. The molecule has 126 valence electrons. The third-order valence-electron chi connectivity index (χ3n) is 4.38. The second-order valence-electron chi connectivity index (χ2n) is 6.07. The molecule has 0 saturated carbocycles. The predicted molar refractivity (Wildman–Crippen MR) is 95.3 cm³/mol. The topological polar surface area (TPSA) is 80.7 Å². The van der Waals surface area contributed by atoms with Crippen molar-refractivity contribution < 1.29 is 4.79 Å². The van der Waals surface area contributed by atoms with Gasteiger partial charge in [-0.2, -0.15) is 0 Å². The van der Waals surface area contributed by atoms with Gasteiger partial charge >= 0.3 is 0 Å². The summed E-state index contributed by atoms with van der Waals surface area (Å²) < 4.78 is 3.83. The highest BCUT2D eigenvalue weighted by molar-refractivity contribution is 7.08. The van der Waals surface area contributed by atoms with Gasteiger partial charge in [0.1, 0.15) is 4.88 Å². The van der Waals surface area contributed by atoms with Crippen molar-refractivity contribution >= 4 is 17.4 Å². The molecule has 6 nitrogen and oxygen atoms in total. The second kappa shape index (κ2) is 6.68. The fourth-order valence-corrected chi connectivity index (χ4v) is 3.65. The van der Waals surface area contributed by atoms with E-state index in [1.54, 1.807) is 6.92 Å². The molecule has 0 spiro atoms. The Bertz CT molecular complexity index is 909. The van der Waals surface area contributed by atoms with Gasteiger partial charge in [-0.25, -0.2) is 9.97 Å². The van der Waals surface area contributed by atoms with Gasteiger partial charge in [0, 0.05) is 23.0 Å². The summed E-state index contributed by atoms with van der Waals surface area (Å²) >= 11 is 1.12. The van der Waals surface area contributed by atoms with Crippen molar-refractivity contribution in [1.29, 1.82) is 0 Å². The van der Waals surface area contributed by atoms with Crippen LogP contribution in [0.5, 0.6) is 0 Å². The minimum Gasteiger partial charge on any atom is -0.344 e. The number of nitrogens with one attached hydrogen (secondary N) is 1. The minimum absolute atomic E-state index is 0.0671. The standard InChI is InChI=1S/C18H17N5OS/c1-11-16(25-23-22-11)18(24)21-15-9-5-8-14-13(15)10-19-17(20-14)12-6-3-2-4-7-12/h2-4,6-7,10,15H,5,8-9H2,1H3,(H,21,24)/t15-/m1/s1. The highest BCUT2D eigenvalue weighted by Gasteiger charge is 2.25. The van der Waals surface area contributed by atoms with Crippen molar-refractivity contribution in [3.63, 3.8) is 0 Å². The van der Waals surface area contributed by atoms with E-state index in [9.17, 15) is 4.79 Å². The van der Waals surface area contributed by atoms with Crippen LogP contribution in [0.15, 0.2) is 36.5 Å². The summed E-state index contributed by atoms with van der Waals surface area (Å²) in [6, 6.07) is 9.87. The third kappa shape index (κ3) is 3.15. The quantitative estimate of drug-likeness (QED) is 0.784. The number of rotatable bonds is 3. The van der Waals surface area contributed by atoms with E-state index in [2.05, 4.69) is 19.9 Å². The second-order valence-corrected chi connectivity index (χ2v) is 6.82. The molecule has 25 heavy (non-hydrogen) atoms. The average molecular weight is 351 g/mol. The number of aromatic nitrogens is 4. The summed E-state index contributed by atoms with van der Waals surface area (Å²) in [6.07, 6.45) is 4.64. The smallest absolute Gasteiger partial charge is 0.265 e. The molecule has 7 heteroatoms. The number of fused-ring (bicyclic) bond motifs is 1. The summed E-state index contributed by atoms with van der Waals surface area (Å²) in [5, 5.41) is 6.99. The Labute approximate surface area is 149 Å². The molecule has 1 aliphatic carbocycles. The normalized spacial score (nSPS) is 16.3. The highest BCUT2D eigenvalue weighted by Crippen LogP contribution is 2.30. The molecule has 0 unspecified atom stereocenters. The van der Waals surface area contributed by atoms with Crippen LogP contribution in [0.25, 0.3) is 11.4 Å². The van der Waals surface area contributed by atoms with Gasteiger partial charge in [-0.05, 0) is 37.7 Å². The van der Waals surface area contributed by atoms with E-state index in [0.29, 0.717) is 10.6 Å². The lowest BCUT2D eigenvalue weighted by atomic mass is 9.92. The van der Waals surface area contributed by atoms with Crippen molar-refractivity contribution in [1.82, 2.24) is 24.9 Å². The number of nitrogens with zero attached hydrogens (tertiary/aromatic N) is 4. The van der Waals surface area contributed by atoms with Gasteiger partial charge in [-0.15, -0.1) is 5.10 Å². The van der Waals surface area contributed by atoms with Gasteiger partial charge in [0.2, 0.25) is 0 Å². The Balaban J connectivity index is 1.60. The maximum Gasteiger partial charge on any atom is 0.265 e. The van der Waals surface area contributed by atoms with Crippen molar-refractivity contribution in [2.45, 2.75) is 32.2 Å². The number of benzene rings is 1. The Morgan fingerprint density at radius 1 is 1.28 bits per heavy atom. The molecule has 0 fully saturated rings. The maximum absolute atomic E-state index is 12.5. The zero-order chi connectivity index (χ0) is 17.2. The summed E-state index contributed by atoms with van der Waals surface area (Å²) in [4.78, 5) is 22.3. The SMILES string of the molecule is Cc1nnsc1C(=O)N[C@@H]1CCCc2nc(-c3ccccc3)ncc21. The van der Waals surface area contributed by atoms with Gasteiger partial charge < -0.3 is 5.32 Å². The van der Waals surface area contributed by atoms with Crippen LogP contribution in [-0.4, -0.2) is 25.5 Å². The molecule has 1 amide bonds. The lowest BCUT2D eigenvalue weighted by Gasteiger charge is -2.25. The van der Waals surface area contributed by atoms with Gasteiger partial charge in [-0.3, -0.25) is 4.79 Å². The Morgan fingerprint density at radius 2 is 2.12 bits per heavy atom. The van der Waals surface area contributed by atoms with Crippen LogP contribution in [0.4, 0.5) is 0 Å². The van der Waals surface area contributed by atoms with E-state index in [4.69, 9.17) is 4.98 Å². The molecule has 4 rings (SSSR count). The van der Waals surface area contributed by atoms with Gasteiger partial charge in [0.25, 0.3) is 5.91 Å². The Kier molecular flexibility index (Phi) is 4.23. The first-order chi connectivity index (χ1) is 12.2. The molecule has 1 N–H and O–H groups in total.